The van der Waals surface area contributed by atoms with E-state index in [-0.39, 0.29) is 24.5 Å². The summed E-state index contributed by atoms with van der Waals surface area (Å²) in [7, 11) is 0. The van der Waals surface area contributed by atoms with Crippen LogP contribution in [0.25, 0.3) is 0 Å². The summed E-state index contributed by atoms with van der Waals surface area (Å²) in [5.41, 5.74) is 3.09. The third-order valence-corrected chi connectivity index (χ3v) is 4.22. The molecule has 2 aromatic carbocycles. The average Bonchev–Trinajstić information content (AvgIpc) is 2.53. The molecule has 0 saturated carbocycles. The number of amides is 1. The fourth-order valence-electron chi connectivity index (χ4n) is 2.68. The van der Waals surface area contributed by atoms with Gasteiger partial charge in [0, 0.05) is 5.02 Å². The first-order valence-electron chi connectivity index (χ1n) is 8.12. The lowest BCUT2D eigenvalue weighted by molar-refractivity contribution is -0.124. The van der Waals surface area contributed by atoms with Crippen LogP contribution in [0.5, 0.6) is 5.75 Å². The summed E-state index contributed by atoms with van der Waals surface area (Å²) in [6, 6.07) is 13.4. The van der Waals surface area contributed by atoms with Gasteiger partial charge in [0.15, 0.2) is 6.61 Å². The van der Waals surface area contributed by atoms with E-state index in [1.54, 1.807) is 0 Å². The number of nitrogens with one attached hydrogen (secondary N) is 1. The lowest BCUT2D eigenvalue weighted by Gasteiger charge is -2.23. The molecule has 0 aliphatic carbocycles. The van der Waals surface area contributed by atoms with E-state index in [0.29, 0.717) is 5.02 Å². The van der Waals surface area contributed by atoms with Gasteiger partial charge in [0.05, 0.1) is 6.04 Å². The Morgan fingerprint density at radius 2 is 1.67 bits per heavy atom. The molecule has 3 nitrogen and oxygen atoms in total. The molecule has 0 heterocycles. The third kappa shape index (κ3) is 4.75. The molecule has 2 rings (SSSR count). The molecule has 24 heavy (non-hydrogen) atoms. The van der Waals surface area contributed by atoms with E-state index in [2.05, 4.69) is 19.2 Å². The Morgan fingerprint density at radius 3 is 2.21 bits per heavy atom. The molecular formula is C20H24ClNO2. The van der Waals surface area contributed by atoms with Crippen LogP contribution in [0.4, 0.5) is 0 Å². The number of rotatable bonds is 6. The molecule has 0 radical (unpaired) electrons. The van der Waals surface area contributed by atoms with Crippen LogP contribution in [-0.2, 0) is 4.79 Å². The molecule has 0 fully saturated rings. The lowest BCUT2D eigenvalue weighted by atomic mass is 9.96. The van der Waals surface area contributed by atoms with Crippen molar-refractivity contribution in [3.05, 3.63) is 64.2 Å². The van der Waals surface area contributed by atoms with Gasteiger partial charge in [0.2, 0.25) is 0 Å². The van der Waals surface area contributed by atoms with E-state index in [1.807, 2.05) is 56.3 Å². The molecule has 1 atom stereocenters. The fraction of sp³-hybridized carbons (Fsp3) is 0.350. The summed E-state index contributed by atoms with van der Waals surface area (Å²) in [6.45, 7) is 8.11. The molecule has 0 aliphatic heterocycles. The summed E-state index contributed by atoms with van der Waals surface area (Å²) >= 11 is 5.94. The van der Waals surface area contributed by atoms with Crippen molar-refractivity contribution in [1.29, 1.82) is 0 Å². The zero-order chi connectivity index (χ0) is 17.7. The first-order chi connectivity index (χ1) is 11.4. The second kappa shape index (κ2) is 8.20. The maximum Gasteiger partial charge on any atom is 0.258 e. The maximum absolute atomic E-state index is 12.3. The number of hydrogen-bond donors (Lipinski definition) is 1. The van der Waals surface area contributed by atoms with Crippen LogP contribution in [0.3, 0.4) is 0 Å². The molecule has 0 spiro atoms. The molecule has 0 saturated heterocycles. The minimum atomic E-state index is -0.133. The monoisotopic (exact) mass is 345 g/mol. The van der Waals surface area contributed by atoms with E-state index >= 15 is 0 Å². The van der Waals surface area contributed by atoms with Gasteiger partial charge in [0.25, 0.3) is 5.91 Å². The average molecular weight is 346 g/mol. The van der Waals surface area contributed by atoms with Crippen molar-refractivity contribution in [2.75, 3.05) is 6.61 Å². The van der Waals surface area contributed by atoms with Gasteiger partial charge in [-0.1, -0.05) is 55.8 Å². The molecule has 1 N–H and O–H groups in total. The Morgan fingerprint density at radius 1 is 1.08 bits per heavy atom. The van der Waals surface area contributed by atoms with Gasteiger partial charge in [-0.3, -0.25) is 4.79 Å². The standard InChI is InChI=1S/C20H24ClNO2/c1-13(2)19(16-8-10-17(21)11-9-16)22-18(23)12-24-20-14(3)6-5-7-15(20)4/h5-11,13,19H,12H2,1-4H3,(H,22,23). The van der Waals surface area contributed by atoms with Gasteiger partial charge in [-0.2, -0.15) is 0 Å². The minimum absolute atomic E-state index is 0.00248. The predicted molar refractivity (Wildman–Crippen MR) is 98.6 cm³/mol. The van der Waals surface area contributed by atoms with Crippen molar-refractivity contribution in [2.45, 2.75) is 33.7 Å². The molecule has 1 amide bonds. The molecule has 0 aromatic heterocycles. The Balaban J connectivity index is 2.02. The predicted octanol–water partition coefficient (Wildman–Crippen LogP) is 4.85. The van der Waals surface area contributed by atoms with Crippen LogP contribution in [0, 0.1) is 19.8 Å². The third-order valence-electron chi connectivity index (χ3n) is 3.97. The Bertz CT molecular complexity index is 675. The van der Waals surface area contributed by atoms with Crippen LogP contribution in [0.15, 0.2) is 42.5 Å². The smallest absolute Gasteiger partial charge is 0.258 e. The number of hydrogen-bond acceptors (Lipinski definition) is 2. The number of ether oxygens (including phenoxy) is 1. The van der Waals surface area contributed by atoms with Crippen molar-refractivity contribution >= 4 is 17.5 Å². The van der Waals surface area contributed by atoms with E-state index in [1.165, 1.54) is 0 Å². The van der Waals surface area contributed by atoms with Crippen molar-refractivity contribution < 1.29 is 9.53 Å². The summed E-state index contributed by atoms with van der Waals surface area (Å²) < 4.78 is 5.73. The Kier molecular flexibility index (Phi) is 6.27. The summed E-state index contributed by atoms with van der Waals surface area (Å²) in [5.74, 6) is 0.905. The van der Waals surface area contributed by atoms with Crippen molar-refractivity contribution in [3.8, 4) is 5.75 Å². The SMILES string of the molecule is Cc1cccc(C)c1OCC(=O)NC(c1ccc(Cl)cc1)C(C)C. The number of para-hydroxylation sites is 1. The van der Waals surface area contributed by atoms with Crippen LogP contribution >= 0.6 is 11.6 Å². The number of halogens is 1. The second-order valence-electron chi connectivity index (χ2n) is 6.35. The molecule has 1 unspecified atom stereocenters. The van der Waals surface area contributed by atoms with Crippen LogP contribution in [0.1, 0.15) is 36.6 Å². The first-order valence-corrected chi connectivity index (χ1v) is 8.50. The highest BCUT2D eigenvalue weighted by Gasteiger charge is 2.19. The molecule has 128 valence electrons. The number of benzene rings is 2. The zero-order valence-corrected chi connectivity index (χ0v) is 15.4. The number of aryl methyl sites for hydroxylation is 2. The molecule has 4 heteroatoms. The second-order valence-corrected chi connectivity index (χ2v) is 6.79. The van der Waals surface area contributed by atoms with Crippen LogP contribution in [0.2, 0.25) is 5.02 Å². The van der Waals surface area contributed by atoms with Crippen molar-refractivity contribution in [3.63, 3.8) is 0 Å². The topological polar surface area (TPSA) is 38.3 Å². The van der Waals surface area contributed by atoms with E-state index in [0.717, 1.165) is 22.4 Å². The fourth-order valence-corrected chi connectivity index (χ4v) is 2.81. The van der Waals surface area contributed by atoms with E-state index < -0.39 is 0 Å². The largest absolute Gasteiger partial charge is 0.483 e. The van der Waals surface area contributed by atoms with Gasteiger partial charge in [-0.05, 0) is 48.6 Å². The van der Waals surface area contributed by atoms with Gasteiger partial charge >= 0.3 is 0 Å². The summed E-state index contributed by atoms with van der Waals surface area (Å²) in [5, 5.41) is 3.74. The molecular weight excluding hydrogens is 322 g/mol. The van der Waals surface area contributed by atoms with Gasteiger partial charge in [0.1, 0.15) is 5.75 Å². The van der Waals surface area contributed by atoms with E-state index in [9.17, 15) is 4.79 Å². The van der Waals surface area contributed by atoms with Crippen molar-refractivity contribution in [2.24, 2.45) is 5.92 Å². The molecule has 0 bridgehead atoms. The summed E-state index contributed by atoms with van der Waals surface area (Å²) in [4.78, 5) is 12.3. The van der Waals surface area contributed by atoms with Crippen LogP contribution < -0.4 is 10.1 Å². The highest BCUT2D eigenvalue weighted by molar-refractivity contribution is 6.30. The quantitative estimate of drug-likeness (QED) is 0.812. The van der Waals surface area contributed by atoms with E-state index in [4.69, 9.17) is 16.3 Å². The van der Waals surface area contributed by atoms with Gasteiger partial charge < -0.3 is 10.1 Å². The van der Waals surface area contributed by atoms with Crippen molar-refractivity contribution in [1.82, 2.24) is 5.32 Å². The van der Waals surface area contributed by atoms with Gasteiger partial charge in [-0.25, -0.2) is 0 Å². The Hall–Kier alpha value is -2.00. The zero-order valence-electron chi connectivity index (χ0n) is 14.6. The maximum atomic E-state index is 12.3. The first kappa shape index (κ1) is 18.3. The highest BCUT2D eigenvalue weighted by atomic mass is 35.5. The van der Waals surface area contributed by atoms with Crippen LogP contribution in [-0.4, -0.2) is 12.5 Å². The Labute approximate surface area is 149 Å². The van der Waals surface area contributed by atoms with Gasteiger partial charge in [-0.15, -0.1) is 0 Å². The summed E-state index contributed by atoms with van der Waals surface area (Å²) in [6.07, 6.45) is 0. The molecule has 2 aromatic rings. The normalized spacial score (nSPS) is 12.1. The molecule has 0 aliphatic rings. The number of carbonyl (C=O) groups excluding carboxylic acids is 1. The number of carbonyl (C=O) groups is 1. The lowest BCUT2D eigenvalue weighted by Crippen LogP contribution is -2.35. The highest BCUT2D eigenvalue weighted by Crippen LogP contribution is 2.24. The minimum Gasteiger partial charge on any atom is -0.483 e.